The van der Waals surface area contributed by atoms with Crippen molar-refractivity contribution in [1.29, 1.82) is 5.26 Å². The molecule has 0 aliphatic rings. The Balaban J connectivity index is 2.08. The van der Waals surface area contributed by atoms with Crippen LogP contribution < -0.4 is 11.1 Å². The molecule has 20 heavy (non-hydrogen) atoms. The van der Waals surface area contributed by atoms with E-state index in [4.69, 9.17) is 11.0 Å². The van der Waals surface area contributed by atoms with E-state index < -0.39 is 0 Å². The smallest absolute Gasteiger partial charge is 0.171 e. The van der Waals surface area contributed by atoms with Crippen molar-refractivity contribution in [3.8, 4) is 6.07 Å². The Morgan fingerprint density at radius 1 is 1.50 bits per heavy atom. The number of nitrogens with zero attached hydrogens (tertiary/aromatic N) is 1. The first-order valence-electron chi connectivity index (χ1n) is 5.84. The summed E-state index contributed by atoms with van der Waals surface area (Å²) >= 11 is 6.35. The van der Waals surface area contributed by atoms with Crippen molar-refractivity contribution in [2.75, 3.05) is 17.6 Å². The molecule has 0 atom stereocenters. The average Bonchev–Trinajstić information content (AvgIpc) is 2.94. The van der Waals surface area contributed by atoms with Gasteiger partial charge in [-0.1, -0.05) is 0 Å². The predicted octanol–water partition coefficient (Wildman–Crippen LogP) is 3.88. The van der Waals surface area contributed by atoms with Gasteiger partial charge >= 0.3 is 0 Å². The molecule has 0 unspecified atom stereocenters. The molecule has 0 saturated carbocycles. The van der Waals surface area contributed by atoms with Gasteiger partial charge in [-0.15, -0.1) is 22.7 Å². The average molecular weight is 370 g/mol. The number of anilines is 2. The predicted molar refractivity (Wildman–Crippen MR) is 87.7 cm³/mol. The first kappa shape index (κ1) is 15.0. The lowest BCUT2D eigenvalue weighted by molar-refractivity contribution is 0.102. The molecular weight excluding hydrogens is 358 g/mol. The van der Waals surface area contributed by atoms with Gasteiger partial charge in [-0.3, -0.25) is 4.79 Å². The van der Waals surface area contributed by atoms with Crippen LogP contribution in [0.1, 0.15) is 27.0 Å². The second-order valence-corrected chi connectivity index (χ2v) is 7.67. The summed E-state index contributed by atoms with van der Waals surface area (Å²) in [6.07, 6.45) is 0.856. The molecule has 0 radical (unpaired) electrons. The summed E-state index contributed by atoms with van der Waals surface area (Å²) in [7, 11) is 0. The number of halogens is 1. The van der Waals surface area contributed by atoms with Gasteiger partial charge in [-0.25, -0.2) is 0 Å². The summed E-state index contributed by atoms with van der Waals surface area (Å²) in [6, 6.07) is 6.13. The van der Waals surface area contributed by atoms with E-state index in [1.807, 2.05) is 6.07 Å². The molecule has 7 heteroatoms. The van der Waals surface area contributed by atoms with Crippen LogP contribution in [0.25, 0.3) is 0 Å². The third kappa shape index (κ3) is 3.20. The normalized spacial score (nSPS) is 10.2. The SMILES string of the molecule is CC(=O)c1sc(NCCc2ccc(Br)s2)c(C#N)c1N. The maximum atomic E-state index is 11.4. The Labute approximate surface area is 133 Å². The lowest BCUT2D eigenvalue weighted by Crippen LogP contribution is -2.03. The number of carbonyl (C=O) groups excluding carboxylic acids is 1. The van der Waals surface area contributed by atoms with E-state index in [1.54, 1.807) is 11.3 Å². The minimum atomic E-state index is -0.112. The molecule has 2 aromatic heterocycles. The zero-order chi connectivity index (χ0) is 14.7. The van der Waals surface area contributed by atoms with Crippen LogP contribution in [0.3, 0.4) is 0 Å². The molecular formula is C13H12BrN3OS2. The van der Waals surface area contributed by atoms with Gasteiger partial charge in [0.1, 0.15) is 16.6 Å². The van der Waals surface area contributed by atoms with Gasteiger partial charge in [0, 0.05) is 18.3 Å². The molecule has 2 heterocycles. The van der Waals surface area contributed by atoms with Crippen LogP contribution in [0.4, 0.5) is 10.7 Å². The number of nitrogens with two attached hydrogens (primary N) is 1. The van der Waals surface area contributed by atoms with Gasteiger partial charge in [0.25, 0.3) is 0 Å². The number of nitrogen functional groups attached to an aromatic ring is 1. The van der Waals surface area contributed by atoms with Crippen molar-refractivity contribution in [2.45, 2.75) is 13.3 Å². The number of rotatable bonds is 5. The lowest BCUT2D eigenvalue weighted by atomic mass is 10.2. The fraction of sp³-hybridized carbons (Fsp3) is 0.231. The highest BCUT2D eigenvalue weighted by molar-refractivity contribution is 9.11. The topological polar surface area (TPSA) is 78.9 Å². The van der Waals surface area contributed by atoms with Crippen molar-refractivity contribution >= 4 is 55.1 Å². The summed E-state index contributed by atoms with van der Waals surface area (Å²) in [6.45, 7) is 2.15. The molecule has 0 aromatic carbocycles. The van der Waals surface area contributed by atoms with Crippen molar-refractivity contribution in [3.05, 3.63) is 31.2 Å². The Morgan fingerprint density at radius 3 is 2.80 bits per heavy atom. The van der Waals surface area contributed by atoms with Crippen molar-refractivity contribution in [3.63, 3.8) is 0 Å². The molecule has 0 amide bonds. The zero-order valence-corrected chi connectivity index (χ0v) is 13.9. The number of hydrogen-bond donors (Lipinski definition) is 2. The Kier molecular flexibility index (Phi) is 4.81. The first-order valence-corrected chi connectivity index (χ1v) is 8.27. The molecule has 0 fully saturated rings. The van der Waals surface area contributed by atoms with Gasteiger partial charge in [0.15, 0.2) is 5.78 Å². The van der Waals surface area contributed by atoms with E-state index in [1.165, 1.54) is 23.1 Å². The third-order valence-corrected chi connectivity index (χ3v) is 5.61. The van der Waals surface area contributed by atoms with Crippen LogP contribution in [-0.4, -0.2) is 12.3 Å². The van der Waals surface area contributed by atoms with E-state index in [9.17, 15) is 4.79 Å². The fourth-order valence-corrected chi connectivity index (χ4v) is 4.20. The van der Waals surface area contributed by atoms with Gasteiger partial charge in [-0.2, -0.15) is 5.26 Å². The van der Waals surface area contributed by atoms with E-state index in [-0.39, 0.29) is 11.5 Å². The number of nitrogens with one attached hydrogen (secondary N) is 1. The largest absolute Gasteiger partial charge is 0.396 e. The Bertz CT molecular complexity index is 684. The summed E-state index contributed by atoms with van der Waals surface area (Å²) in [5.74, 6) is -0.112. The molecule has 2 rings (SSSR count). The number of hydrogen-bond acceptors (Lipinski definition) is 6. The van der Waals surface area contributed by atoms with Crippen molar-refractivity contribution in [2.24, 2.45) is 0 Å². The fourth-order valence-electron chi connectivity index (χ4n) is 1.73. The van der Waals surface area contributed by atoms with Crippen LogP contribution >= 0.6 is 38.6 Å². The van der Waals surface area contributed by atoms with Gasteiger partial charge in [0.2, 0.25) is 0 Å². The molecule has 3 N–H and O–H groups in total. The van der Waals surface area contributed by atoms with Crippen LogP contribution in [-0.2, 0) is 6.42 Å². The van der Waals surface area contributed by atoms with Crippen LogP contribution in [0.15, 0.2) is 15.9 Å². The minimum absolute atomic E-state index is 0.112. The third-order valence-electron chi connectivity index (χ3n) is 2.66. The van der Waals surface area contributed by atoms with E-state index in [2.05, 4.69) is 33.4 Å². The van der Waals surface area contributed by atoms with Gasteiger partial charge in [-0.05, 0) is 34.5 Å². The summed E-state index contributed by atoms with van der Waals surface area (Å²) < 4.78 is 1.10. The van der Waals surface area contributed by atoms with Crippen molar-refractivity contribution in [1.82, 2.24) is 0 Å². The molecule has 0 spiro atoms. The number of nitriles is 1. The molecule has 0 saturated heterocycles. The number of ketones is 1. The van der Waals surface area contributed by atoms with Gasteiger partial charge < -0.3 is 11.1 Å². The van der Waals surface area contributed by atoms with Crippen LogP contribution in [0.2, 0.25) is 0 Å². The Hall–Kier alpha value is -1.36. The quantitative estimate of drug-likeness (QED) is 0.783. The summed E-state index contributed by atoms with van der Waals surface area (Å²) in [4.78, 5) is 13.1. The number of Topliss-reactive ketones (excluding diaryl/α,β-unsaturated/α-hetero) is 1. The van der Waals surface area contributed by atoms with E-state index in [0.29, 0.717) is 22.0 Å². The highest BCUT2D eigenvalue weighted by atomic mass is 79.9. The molecule has 0 bridgehead atoms. The molecule has 0 aliphatic carbocycles. The number of carbonyl (C=O) groups is 1. The molecule has 104 valence electrons. The highest BCUT2D eigenvalue weighted by Crippen LogP contribution is 2.35. The summed E-state index contributed by atoms with van der Waals surface area (Å²) in [5.41, 5.74) is 6.48. The zero-order valence-electron chi connectivity index (χ0n) is 10.7. The second kappa shape index (κ2) is 6.39. The molecule has 0 aliphatic heterocycles. The number of thiophene rings is 2. The van der Waals surface area contributed by atoms with E-state index >= 15 is 0 Å². The van der Waals surface area contributed by atoms with Crippen molar-refractivity contribution < 1.29 is 4.79 Å². The minimum Gasteiger partial charge on any atom is -0.396 e. The first-order chi connectivity index (χ1) is 9.52. The van der Waals surface area contributed by atoms with Gasteiger partial charge in [0.05, 0.1) is 14.4 Å². The summed E-state index contributed by atoms with van der Waals surface area (Å²) in [5, 5.41) is 13.0. The highest BCUT2D eigenvalue weighted by Gasteiger charge is 2.18. The maximum Gasteiger partial charge on any atom is 0.171 e. The van der Waals surface area contributed by atoms with Crippen LogP contribution in [0, 0.1) is 11.3 Å². The van der Waals surface area contributed by atoms with Crippen LogP contribution in [0.5, 0.6) is 0 Å². The lowest BCUT2D eigenvalue weighted by Gasteiger charge is -2.02. The maximum absolute atomic E-state index is 11.4. The standard InChI is InChI=1S/C13H12BrN3OS2/c1-7(18)12-11(16)9(6-15)13(20-12)17-5-4-8-2-3-10(14)19-8/h2-3,17H,4-5,16H2,1H3. The second-order valence-electron chi connectivity index (χ2n) is 4.10. The van der Waals surface area contributed by atoms with E-state index in [0.717, 1.165) is 10.2 Å². The monoisotopic (exact) mass is 369 g/mol. The molecule has 2 aromatic rings. The Morgan fingerprint density at radius 2 is 2.25 bits per heavy atom. The molecule has 4 nitrogen and oxygen atoms in total.